The molecule has 20 heavy (non-hydrogen) atoms. The van der Waals surface area contributed by atoms with Crippen LogP contribution in [0.25, 0.3) is 0 Å². The second-order valence-corrected chi connectivity index (χ2v) is 5.42. The first-order valence-corrected chi connectivity index (χ1v) is 6.21. The summed E-state index contributed by atoms with van der Waals surface area (Å²) in [6.45, 7) is 5.08. The Kier molecular flexibility index (Phi) is 5.21. The van der Waals surface area contributed by atoms with Crippen LogP contribution in [0.15, 0.2) is 12.3 Å². The van der Waals surface area contributed by atoms with Gasteiger partial charge in [-0.3, -0.25) is 0 Å². The molecule has 7 heteroatoms. The monoisotopic (exact) mass is 291 g/mol. The van der Waals surface area contributed by atoms with Gasteiger partial charge in [-0.1, -0.05) is 13.8 Å². The number of aromatic nitrogens is 1. The second kappa shape index (κ2) is 6.30. The zero-order chi connectivity index (χ0) is 15.4. The van der Waals surface area contributed by atoms with Crippen LogP contribution in [0.3, 0.4) is 0 Å². The summed E-state index contributed by atoms with van der Waals surface area (Å²) in [6, 6.07) is 0.932. The van der Waals surface area contributed by atoms with Crippen molar-refractivity contribution < 1.29 is 17.9 Å². The molecule has 4 nitrogen and oxygen atoms in total. The first-order valence-electron chi connectivity index (χ1n) is 6.21. The van der Waals surface area contributed by atoms with Crippen molar-refractivity contribution in [2.75, 3.05) is 31.3 Å². The van der Waals surface area contributed by atoms with Gasteiger partial charge in [-0.05, 0) is 17.9 Å². The van der Waals surface area contributed by atoms with Crippen molar-refractivity contribution in [1.82, 2.24) is 4.98 Å². The SMILES string of the molecule is COCCC(C)(C)CNc1cc(C(F)(F)F)ncc1N. The lowest BCUT2D eigenvalue weighted by Gasteiger charge is -2.25. The zero-order valence-corrected chi connectivity index (χ0v) is 11.8. The van der Waals surface area contributed by atoms with Gasteiger partial charge in [-0.15, -0.1) is 0 Å². The maximum absolute atomic E-state index is 12.6. The number of methoxy groups -OCH3 is 1. The number of anilines is 2. The van der Waals surface area contributed by atoms with Crippen molar-refractivity contribution in [3.8, 4) is 0 Å². The molecule has 0 atom stereocenters. The van der Waals surface area contributed by atoms with Gasteiger partial charge >= 0.3 is 6.18 Å². The van der Waals surface area contributed by atoms with Crippen LogP contribution in [0, 0.1) is 5.41 Å². The van der Waals surface area contributed by atoms with Gasteiger partial charge in [0, 0.05) is 20.3 Å². The minimum atomic E-state index is -4.48. The molecule has 0 amide bonds. The van der Waals surface area contributed by atoms with E-state index in [0.717, 1.165) is 18.7 Å². The average Bonchev–Trinajstić information content (AvgIpc) is 2.34. The molecule has 0 bridgehead atoms. The quantitative estimate of drug-likeness (QED) is 0.845. The van der Waals surface area contributed by atoms with Gasteiger partial charge in [0.2, 0.25) is 0 Å². The van der Waals surface area contributed by atoms with Crippen LogP contribution in [-0.2, 0) is 10.9 Å². The smallest absolute Gasteiger partial charge is 0.396 e. The van der Waals surface area contributed by atoms with Crippen LogP contribution < -0.4 is 11.1 Å². The minimum absolute atomic E-state index is 0.121. The van der Waals surface area contributed by atoms with Gasteiger partial charge in [0.25, 0.3) is 0 Å². The predicted molar refractivity (Wildman–Crippen MR) is 72.4 cm³/mol. The van der Waals surface area contributed by atoms with E-state index in [4.69, 9.17) is 10.5 Å². The average molecular weight is 291 g/mol. The highest BCUT2D eigenvalue weighted by Crippen LogP contribution is 2.31. The summed E-state index contributed by atoms with van der Waals surface area (Å²) in [4.78, 5) is 3.29. The molecule has 114 valence electrons. The van der Waals surface area contributed by atoms with E-state index in [9.17, 15) is 13.2 Å². The van der Waals surface area contributed by atoms with E-state index >= 15 is 0 Å². The normalized spacial score (nSPS) is 12.5. The summed E-state index contributed by atoms with van der Waals surface area (Å²) in [7, 11) is 1.61. The molecule has 0 aliphatic carbocycles. The van der Waals surface area contributed by atoms with Crippen molar-refractivity contribution in [3.05, 3.63) is 18.0 Å². The van der Waals surface area contributed by atoms with E-state index in [-0.39, 0.29) is 16.8 Å². The summed E-state index contributed by atoms with van der Waals surface area (Å²) in [5, 5.41) is 2.95. The van der Waals surface area contributed by atoms with Crippen LogP contribution in [0.4, 0.5) is 24.5 Å². The Morgan fingerprint density at radius 1 is 1.35 bits per heavy atom. The first kappa shape index (κ1) is 16.6. The summed E-state index contributed by atoms with van der Waals surface area (Å²) in [5.41, 5.74) is 5.01. The van der Waals surface area contributed by atoms with Gasteiger partial charge in [0.15, 0.2) is 0 Å². The molecule has 0 spiro atoms. The lowest BCUT2D eigenvalue weighted by Crippen LogP contribution is -2.25. The van der Waals surface area contributed by atoms with Crippen LogP contribution in [0.2, 0.25) is 0 Å². The molecule has 0 fully saturated rings. The summed E-state index contributed by atoms with van der Waals surface area (Å²) < 4.78 is 42.8. The van der Waals surface area contributed by atoms with E-state index < -0.39 is 11.9 Å². The van der Waals surface area contributed by atoms with Crippen LogP contribution in [0.5, 0.6) is 0 Å². The Balaban J connectivity index is 2.77. The molecule has 0 aromatic carbocycles. The molecule has 0 radical (unpaired) electrons. The maximum Gasteiger partial charge on any atom is 0.433 e. The number of nitrogens with two attached hydrogens (primary N) is 1. The summed E-state index contributed by atoms with van der Waals surface area (Å²) >= 11 is 0. The lowest BCUT2D eigenvalue weighted by atomic mass is 9.89. The molecule has 0 unspecified atom stereocenters. The fraction of sp³-hybridized carbons (Fsp3) is 0.615. The van der Waals surface area contributed by atoms with Crippen LogP contribution >= 0.6 is 0 Å². The molecule has 0 saturated heterocycles. The molecule has 0 saturated carbocycles. The predicted octanol–water partition coefficient (Wildman–Crippen LogP) is 3.16. The minimum Gasteiger partial charge on any atom is -0.396 e. The molecule has 1 aromatic rings. The number of hydrogen-bond acceptors (Lipinski definition) is 4. The fourth-order valence-corrected chi connectivity index (χ4v) is 1.58. The Morgan fingerprint density at radius 3 is 2.55 bits per heavy atom. The molecule has 3 N–H and O–H groups in total. The molecule has 0 aliphatic heterocycles. The number of hydrogen-bond donors (Lipinski definition) is 2. The molecule has 1 heterocycles. The summed E-state index contributed by atoms with van der Waals surface area (Å²) in [5.74, 6) is 0. The first-order chi connectivity index (χ1) is 9.15. The third-order valence-corrected chi connectivity index (χ3v) is 2.97. The van der Waals surface area contributed by atoms with E-state index in [0.29, 0.717) is 13.2 Å². The number of alkyl halides is 3. The Bertz CT molecular complexity index is 447. The number of nitrogens with one attached hydrogen (secondary N) is 1. The molecule has 1 aromatic heterocycles. The van der Waals surface area contributed by atoms with Crippen molar-refractivity contribution in [3.63, 3.8) is 0 Å². The molecule has 0 aliphatic rings. The molecule has 1 rings (SSSR count). The van der Waals surface area contributed by atoms with Crippen LogP contribution in [0.1, 0.15) is 26.0 Å². The maximum atomic E-state index is 12.6. The third kappa shape index (κ3) is 4.88. The Hall–Kier alpha value is -1.50. The highest BCUT2D eigenvalue weighted by atomic mass is 19.4. The van der Waals surface area contributed by atoms with Crippen molar-refractivity contribution in [2.45, 2.75) is 26.4 Å². The number of halogens is 3. The van der Waals surface area contributed by atoms with Crippen molar-refractivity contribution in [2.24, 2.45) is 5.41 Å². The molecular weight excluding hydrogens is 271 g/mol. The van der Waals surface area contributed by atoms with Gasteiger partial charge in [0.1, 0.15) is 5.69 Å². The van der Waals surface area contributed by atoms with Crippen molar-refractivity contribution in [1.29, 1.82) is 0 Å². The van der Waals surface area contributed by atoms with Gasteiger partial charge in [-0.25, -0.2) is 4.98 Å². The standard InChI is InChI=1S/C13H20F3N3O/c1-12(2,4-5-20-3)8-19-10-6-11(13(14,15)16)18-7-9(10)17/h6-7H,4-5,8,17H2,1-3H3,(H,18,19). The largest absolute Gasteiger partial charge is 0.433 e. The van der Waals surface area contributed by atoms with E-state index in [1.165, 1.54) is 0 Å². The van der Waals surface area contributed by atoms with Gasteiger partial charge < -0.3 is 15.8 Å². The highest BCUT2D eigenvalue weighted by molar-refractivity contribution is 5.65. The summed E-state index contributed by atoms with van der Waals surface area (Å²) in [6.07, 6.45) is -2.67. The Labute approximate surface area is 116 Å². The van der Waals surface area contributed by atoms with Crippen LogP contribution in [-0.4, -0.2) is 25.2 Å². The van der Waals surface area contributed by atoms with Crippen molar-refractivity contribution >= 4 is 11.4 Å². The highest BCUT2D eigenvalue weighted by Gasteiger charge is 2.33. The number of pyridine rings is 1. The van der Waals surface area contributed by atoms with Gasteiger partial charge in [-0.2, -0.15) is 13.2 Å². The fourth-order valence-electron chi connectivity index (χ4n) is 1.58. The molecular formula is C13H20F3N3O. The number of ether oxygens (including phenoxy) is 1. The number of nitrogens with zero attached hydrogens (tertiary/aromatic N) is 1. The topological polar surface area (TPSA) is 60.2 Å². The second-order valence-electron chi connectivity index (χ2n) is 5.42. The number of nitrogen functional groups attached to an aromatic ring is 1. The lowest BCUT2D eigenvalue weighted by molar-refractivity contribution is -0.141. The zero-order valence-electron chi connectivity index (χ0n) is 11.8. The van der Waals surface area contributed by atoms with E-state index in [1.807, 2.05) is 13.8 Å². The number of rotatable bonds is 6. The Morgan fingerprint density at radius 2 is 2.00 bits per heavy atom. The third-order valence-electron chi connectivity index (χ3n) is 2.97. The van der Waals surface area contributed by atoms with E-state index in [1.54, 1.807) is 7.11 Å². The van der Waals surface area contributed by atoms with Gasteiger partial charge in [0.05, 0.1) is 17.6 Å². The van der Waals surface area contributed by atoms with E-state index in [2.05, 4.69) is 10.3 Å².